The maximum absolute atomic E-state index is 12.8. The van der Waals surface area contributed by atoms with Crippen molar-refractivity contribution in [2.75, 3.05) is 5.32 Å². The molecule has 8 nitrogen and oxygen atoms in total. The first-order chi connectivity index (χ1) is 15.0. The summed E-state index contributed by atoms with van der Waals surface area (Å²) in [6, 6.07) is 12.2. The molecule has 0 radical (unpaired) electrons. The van der Waals surface area contributed by atoms with Crippen LogP contribution in [0.15, 0.2) is 53.1 Å². The Balaban J connectivity index is 1.35. The molecule has 3 aromatic rings. The lowest BCUT2D eigenvalue weighted by Gasteiger charge is -2.29. The third-order valence-corrected chi connectivity index (χ3v) is 5.66. The summed E-state index contributed by atoms with van der Waals surface area (Å²) >= 11 is 5.90. The minimum absolute atomic E-state index is 0.210. The van der Waals surface area contributed by atoms with Gasteiger partial charge in [-0.15, -0.1) is 0 Å². The van der Waals surface area contributed by atoms with E-state index in [1.165, 1.54) is 4.90 Å². The Morgan fingerprint density at radius 1 is 1.13 bits per heavy atom. The Hall–Kier alpha value is -3.65. The molecule has 1 unspecified atom stereocenters. The number of benzene rings is 2. The van der Waals surface area contributed by atoms with Gasteiger partial charge in [-0.3, -0.25) is 19.7 Å². The second-order valence-corrected chi connectivity index (χ2v) is 7.87. The van der Waals surface area contributed by atoms with Crippen LogP contribution in [-0.4, -0.2) is 33.6 Å². The van der Waals surface area contributed by atoms with E-state index in [4.69, 9.17) is 16.0 Å². The molecule has 1 fully saturated rings. The highest BCUT2D eigenvalue weighted by Gasteiger charge is 2.39. The van der Waals surface area contributed by atoms with E-state index in [1.807, 2.05) is 18.2 Å². The molecular weight excluding hydrogens is 420 g/mol. The largest absolute Gasteiger partial charge is 0.423 e. The number of rotatable bonds is 4. The normalized spacial score (nSPS) is 18.2. The molecule has 3 amide bonds. The van der Waals surface area contributed by atoms with E-state index in [9.17, 15) is 14.4 Å². The van der Waals surface area contributed by atoms with Crippen molar-refractivity contribution >= 4 is 41.0 Å². The van der Waals surface area contributed by atoms with Gasteiger partial charge in [0.05, 0.1) is 6.20 Å². The zero-order valence-electron chi connectivity index (χ0n) is 16.2. The Kier molecular flexibility index (Phi) is 4.71. The van der Waals surface area contributed by atoms with Gasteiger partial charge >= 0.3 is 0 Å². The number of nitrogens with one attached hydrogen (secondary N) is 2. The lowest BCUT2D eigenvalue weighted by atomic mass is 10.0. The number of anilines is 2. The Morgan fingerprint density at radius 2 is 1.94 bits per heavy atom. The average Bonchev–Trinajstić information content (AvgIpc) is 3.34. The zero-order valence-corrected chi connectivity index (χ0v) is 17.0. The van der Waals surface area contributed by atoms with E-state index in [0.717, 1.165) is 16.8 Å². The predicted molar refractivity (Wildman–Crippen MR) is 113 cm³/mol. The molecule has 5 rings (SSSR count). The molecule has 3 heterocycles. The van der Waals surface area contributed by atoms with Crippen molar-refractivity contribution in [2.24, 2.45) is 0 Å². The second kappa shape index (κ2) is 7.55. The number of aromatic nitrogens is 1. The van der Waals surface area contributed by atoms with Crippen LogP contribution in [0.4, 0.5) is 11.7 Å². The van der Waals surface area contributed by atoms with Gasteiger partial charge in [0.15, 0.2) is 5.76 Å². The number of carbonyl (C=O) groups excluding carboxylic acids is 3. The minimum atomic E-state index is -0.637. The summed E-state index contributed by atoms with van der Waals surface area (Å²) in [7, 11) is 0. The van der Waals surface area contributed by atoms with Crippen molar-refractivity contribution in [2.45, 2.75) is 25.4 Å². The summed E-state index contributed by atoms with van der Waals surface area (Å²) in [5, 5.41) is 6.01. The average molecular weight is 437 g/mol. The van der Waals surface area contributed by atoms with Crippen LogP contribution < -0.4 is 10.6 Å². The van der Waals surface area contributed by atoms with Gasteiger partial charge in [0.2, 0.25) is 11.8 Å². The molecular formula is C22H17ClN4O4. The van der Waals surface area contributed by atoms with E-state index in [-0.39, 0.29) is 18.2 Å². The standard InChI is InChI=1S/C22H17ClN4O4/c23-14-2-4-15(5-3-14)25-22-24-10-18(31-22)12-1-6-16-13(9-12)11-27(21(16)30)17-7-8-19(28)26-20(17)29/h1-6,9-10,17H,7-8,11H2,(H,24,25)(H,26,28,29). The van der Waals surface area contributed by atoms with E-state index >= 15 is 0 Å². The molecule has 0 spiro atoms. The van der Waals surface area contributed by atoms with E-state index < -0.39 is 11.9 Å². The van der Waals surface area contributed by atoms with Crippen LogP contribution in [0.3, 0.4) is 0 Å². The number of fused-ring (bicyclic) bond motifs is 1. The molecule has 156 valence electrons. The van der Waals surface area contributed by atoms with Gasteiger partial charge in [-0.1, -0.05) is 17.7 Å². The summed E-state index contributed by atoms with van der Waals surface area (Å²) < 4.78 is 5.81. The smallest absolute Gasteiger partial charge is 0.299 e. The van der Waals surface area contributed by atoms with E-state index in [1.54, 1.807) is 30.5 Å². The molecule has 2 N–H and O–H groups in total. The van der Waals surface area contributed by atoms with Crippen LogP contribution >= 0.6 is 11.6 Å². The van der Waals surface area contributed by atoms with Crippen LogP contribution in [0.5, 0.6) is 0 Å². The highest BCUT2D eigenvalue weighted by molar-refractivity contribution is 6.30. The quantitative estimate of drug-likeness (QED) is 0.606. The minimum Gasteiger partial charge on any atom is -0.423 e. The number of halogens is 1. The van der Waals surface area contributed by atoms with Crippen LogP contribution in [0.25, 0.3) is 11.3 Å². The van der Waals surface area contributed by atoms with Crippen molar-refractivity contribution in [1.29, 1.82) is 0 Å². The van der Waals surface area contributed by atoms with E-state index in [0.29, 0.717) is 35.3 Å². The van der Waals surface area contributed by atoms with E-state index in [2.05, 4.69) is 15.6 Å². The first-order valence-electron chi connectivity index (χ1n) is 9.74. The number of hydrogen-bond acceptors (Lipinski definition) is 6. The third-order valence-electron chi connectivity index (χ3n) is 5.41. The molecule has 1 saturated heterocycles. The van der Waals surface area contributed by atoms with Crippen molar-refractivity contribution in [3.05, 3.63) is 64.8 Å². The number of piperidine rings is 1. The first-order valence-corrected chi connectivity index (χ1v) is 10.1. The third kappa shape index (κ3) is 3.66. The van der Waals surface area contributed by atoms with Gasteiger partial charge in [0, 0.05) is 34.8 Å². The SMILES string of the molecule is O=C1CCC(N2Cc3cc(-c4cnc(Nc5ccc(Cl)cc5)o4)ccc3C2=O)C(=O)N1. The molecule has 0 aliphatic carbocycles. The fourth-order valence-corrected chi connectivity index (χ4v) is 3.98. The molecule has 1 aromatic heterocycles. The number of hydrogen-bond donors (Lipinski definition) is 2. The molecule has 2 aromatic carbocycles. The van der Waals surface area contributed by atoms with Gasteiger partial charge in [0.25, 0.3) is 11.9 Å². The number of oxazole rings is 1. The van der Waals surface area contributed by atoms with Crippen molar-refractivity contribution in [3.63, 3.8) is 0 Å². The Labute approximate surface area is 182 Å². The zero-order chi connectivity index (χ0) is 21.5. The van der Waals surface area contributed by atoms with Crippen LogP contribution in [0.2, 0.25) is 5.02 Å². The van der Waals surface area contributed by atoms with Gasteiger partial charge in [-0.25, -0.2) is 4.98 Å². The van der Waals surface area contributed by atoms with Gasteiger partial charge in [-0.05, 0) is 48.4 Å². The Morgan fingerprint density at radius 3 is 2.71 bits per heavy atom. The summed E-state index contributed by atoms with van der Waals surface area (Å²) in [6.45, 7) is 0.304. The maximum Gasteiger partial charge on any atom is 0.299 e. The van der Waals surface area contributed by atoms with Gasteiger partial charge < -0.3 is 14.6 Å². The number of imide groups is 1. The topological polar surface area (TPSA) is 105 Å². The molecule has 2 aliphatic heterocycles. The monoisotopic (exact) mass is 436 g/mol. The Bertz CT molecular complexity index is 1200. The number of carbonyl (C=O) groups is 3. The molecule has 9 heteroatoms. The molecule has 31 heavy (non-hydrogen) atoms. The highest BCUT2D eigenvalue weighted by Crippen LogP contribution is 2.32. The second-order valence-electron chi connectivity index (χ2n) is 7.43. The summed E-state index contributed by atoms with van der Waals surface area (Å²) in [6.07, 6.45) is 2.16. The van der Waals surface area contributed by atoms with Crippen LogP contribution in [0, 0.1) is 0 Å². The first kappa shape index (κ1) is 19.3. The fraction of sp³-hybridized carbons (Fsp3) is 0.182. The molecule has 0 saturated carbocycles. The lowest BCUT2D eigenvalue weighted by molar-refractivity contribution is -0.136. The highest BCUT2D eigenvalue weighted by atomic mass is 35.5. The van der Waals surface area contributed by atoms with Gasteiger partial charge in [-0.2, -0.15) is 0 Å². The van der Waals surface area contributed by atoms with Crippen LogP contribution in [-0.2, 0) is 16.1 Å². The number of nitrogens with zero attached hydrogens (tertiary/aromatic N) is 2. The lowest BCUT2D eigenvalue weighted by Crippen LogP contribution is -2.52. The van der Waals surface area contributed by atoms with Crippen molar-refractivity contribution < 1.29 is 18.8 Å². The molecule has 2 aliphatic rings. The van der Waals surface area contributed by atoms with Gasteiger partial charge in [0.1, 0.15) is 6.04 Å². The predicted octanol–water partition coefficient (Wildman–Crippen LogP) is 3.50. The summed E-state index contributed by atoms with van der Waals surface area (Å²) in [5.74, 6) is -0.392. The fourth-order valence-electron chi connectivity index (χ4n) is 3.85. The number of amides is 3. The summed E-state index contributed by atoms with van der Waals surface area (Å²) in [4.78, 5) is 42.2. The van der Waals surface area contributed by atoms with Crippen molar-refractivity contribution in [3.8, 4) is 11.3 Å². The van der Waals surface area contributed by atoms with Crippen LogP contribution in [0.1, 0.15) is 28.8 Å². The molecule has 1 atom stereocenters. The maximum atomic E-state index is 12.8. The van der Waals surface area contributed by atoms with Crippen molar-refractivity contribution in [1.82, 2.24) is 15.2 Å². The summed E-state index contributed by atoms with van der Waals surface area (Å²) in [5.41, 5.74) is 2.91. The molecule has 0 bridgehead atoms.